The second kappa shape index (κ2) is 5.27. The fraction of sp³-hybridized carbons (Fsp3) is 0.400. The van der Waals surface area contributed by atoms with Crippen molar-refractivity contribution >= 4 is 0 Å². The number of nitrogens with zero attached hydrogens (tertiary/aromatic N) is 2. The van der Waals surface area contributed by atoms with E-state index in [0.717, 1.165) is 0 Å². The van der Waals surface area contributed by atoms with Crippen LogP contribution in [0, 0.1) is 0 Å². The molecule has 0 unspecified atom stereocenters. The van der Waals surface area contributed by atoms with E-state index in [4.69, 9.17) is 9.52 Å². The van der Waals surface area contributed by atoms with E-state index in [9.17, 15) is 15.3 Å². The second-order valence-corrected chi connectivity index (χ2v) is 3.75. The number of H-pyrrole nitrogens is 1. The molecule has 0 aliphatic rings. The quantitative estimate of drug-likeness (QED) is 0.453. The van der Waals surface area contributed by atoms with Gasteiger partial charge in [0.25, 0.3) is 0 Å². The van der Waals surface area contributed by atoms with E-state index >= 15 is 0 Å². The maximum absolute atomic E-state index is 9.77. The summed E-state index contributed by atoms with van der Waals surface area (Å²) < 4.78 is 4.79. The van der Waals surface area contributed by atoms with Crippen molar-refractivity contribution in [3.63, 3.8) is 0 Å². The number of rotatable bonds is 5. The number of hydrogen-bond acceptors (Lipinski definition) is 7. The summed E-state index contributed by atoms with van der Waals surface area (Å²) >= 11 is 0. The number of aliphatic hydroxyl groups excluding tert-OH is 4. The fourth-order valence-corrected chi connectivity index (χ4v) is 1.45. The highest BCUT2D eigenvalue weighted by Crippen LogP contribution is 2.20. The van der Waals surface area contributed by atoms with Gasteiger partial charge >= 0.3 is 0 Å². The van der Waals surface area contributed by atoms with Crippen LogP contribution in [0.5, 0.6) is 0 Å². The first-order valence-corrected chi connectivity index (χ1v) is 5.22. The van der Waals surface area contributed by atoms with Crippen molar-refractivity contribution in [1.82, 2.24) is 15.0 Å². The Morgan fingerprint density at radius 3 is 2.67 bits per heavy atom. The molecule has 2 aromatic rings. The lowest BCUT2D eigenvalue weighted by atomic mass is 10.1. The lowest BCUT2D eigenvalue weighted by molar-refractivity contribution is -0.0788. The molecular formula is C10H13N3O5. The van der Waals surface area contributed by atoms with E-state index in [-0.39, 0.29) is 5.69 Å². The molecule has 2 aromatic heterocycles. The first kappa shape index (κ1) is 12.7. The van der Waals surface area contributed by atoms with Crippen molar-refractivity contribution < 1.29 is 24.8 Å². The van der Waals surface area contributed by atoms with E-state index in [1.165, 1.54) is 18.9 Å². The maximum atomic E-state index is 9.77. The second-order valence-electron chi connectivity index (χ2n) is 3.75. The summed E-state index contributed by atoms with van der Waals surface area (Å²) in [7, 11) is 0. The third kappa shape index (κ3) is 2.41. The molecule has 8 heteroatoms. The molecule has 2 rings (SSSR count). The third-order valence-electron chi connectivity index (χ3n) is 2.49. The smallest absolute Gasteiger partial charge is 0.181 e. The minimum atomic E-state index is -1.51. The number of aromatic amines is 1. The van der Waals surface area contributed by atoms with Gasteiger partial charge in [-0.15, -0.1) is 0 Å². The van der Waals surface area contributed by atoms with Crippen LogP contribution in [0.2, 0.25) is 0 Å². The molecule has 0 fully saturated rings. The van der Waals surface area contributed by atoms with Crippen LogP contribution in [-0.2, 0) is 0 Å². The predicted molar refractivity (Wildman–Crippen MR) is 58.1 cm³/mol. The molecule has 5 N–H and O–H groups in total. The lowest BCUT2D eigenvalue weighted by Gasteiger charge is -2.20. The molecule has 0 saturated carbocycles. The van der Waals surface area contributed by atoms with Crippen LogP contribution in [0.25, 0.3) is 11.5 Å². The van der Waals surface area contributed by atoms with Crippen molar-refractivity contribution in [1.29, 1.82) is 0 Å². The topological polar surface area (TPSA) is 136 Å². The first-order valence-electron chi connectivity index (χ1n) is 5.22. The Morgan fingerprint density at radius 2 is 2.06 bits per heavy atom. The summed E-state index contributed by atoms with van der Waals surface area (Å²) in [6.45, 7) is -0.650. The summed E-state index contributed by atoms with van der Waals surface area (Å²) in [5.41, 5.74) is 0.652. The normalized spacial score (nSPS) is 16.4. The van der Waals surface area contributed by atoms with Crippen molar-refractivity contribution in [3.8, 4) is 11.5 Å². The van der Waals surface area contributed by atoms with Crippen molar-refractivity contribution in [2.75, 3.05) is 6.61 Å². The predicted octanol–water partition coefficient (Wildman–Crippen LogP) is -1.19. The van der Waals surface area contributed by atoms with Gasteiger partial charge in [-0.25, -0.2) is 9.97 Å². The van der Waals surface area contributed by atoms with Crippen LogP contribution in [0.1, 0.15) is 11.8 Å². The maximum Gasteiger partial charge on any atom is 0.181 e. The molecule has 0 aliphatic heterocycles. The van der Waals surface area contributed by atoms with Gasteiger partial charge in [0, 0.05) is 0 Å². The Bertz CT molecular complexity index is 483. The molecule has 3 atom stereocenters. The highest BCUT2D eigenvalue weighted by molar-refractivity contribution is 5.46. The van der Waals surface area contributed by atoms with Gasteiger partial charge in [0.15, 0.2) is 12.2 Å². The Kier molecular flexibility index (Phi) is 3.72. The molecule has 8 nitrogen and oxygen atoms in total. The average molecular weight is 255 g/mol. The van der Waals surface area contributed by atoms with Gasteiger partial charge in [-0.1, -0.05) is 0 Å². The summed E-state index contributed by atoms with van der Waals surface area (Å²) in [4.78, 5) is 10.6. The first-order chi connectivity index (χ1) is 8.63. The van der Waals surface area contributed by atoms with Crippen LogP contribution < -0.4 is 0 Å². The van der Waals surface area contributed by atoms with Crippen LogP contribution >= 0.6 is 0 Å². The Morgan fingerprint density at radius 1 is 1.28 bits per heavy atom. The summed E-state index contributed by atoms with van der Waals surface area (Å²) in [6.07, 6.45) is -0.423. The van der Waals surface area contributed by atoms with E-state index < -0.39 is 24.9 Å². The van der Waals surface area contributed by atoms with Gasteiger partial charge in [0.1, 0.15) is 30.3 Å². The third-order valence-corrected chi connectivity index (χ3v) is 2.49. The number of hydrogen-bond donors (Lipinski definition) is 5. The molecule has 0 spiro atoms. The van der Waals surface area contributed by atoms with Gasteiger partial charge in [-0.2, -0.15) is 0 Å². The zero-order chi connectivity index (χ0) is 13.1. The zero-order valence-corrected chi connectivity index (χ0v) is 9.26. The van der Waals surface area contributed by atoms with Gasteiger partial charge < -0.3 is 29.8 Å². The van der Waals surface area contributed by atoms with Crippen molar-refractivity contribution in [2.45, 2.75) is 18.3 Å². The number of nitrogens with one attached hydrogen (secondary N) is 1. The summed E-state index contributed by atoms with van der Waals surface area (Å²) in [5.74, 6) is 0.364. The lowest BCUT2D eigenvalue weighted by Crippen LogP contribution is -2.34. The molecule has 2 heterocycles. The molecule has 0 aromatic carbocycles. The summed E-state index contributed by atoms with van der Waals surface area (Å²) in [5, 5.41) is 37.2. The molecule has 0 aliphatic carbocycles. The SMILES string of the molecule is OC[C@@H](O)[C@@H](O)[C@H](O)c1cnc(-c2cocn2)[nH]1. The highest BCUT2D eigenvalue weighted by atomic mass is 16.4. The van der Waals surface area contributed by atoms with Gasteiger partial charge in [0.05, 0.1) is 18.5 Å². The van der Waals surface area contributed by atoms with Gasteiger partial charge in [-0.05, 0) is 0 Å². The highest BCUT2D eigenvalue weighted by Gasteiger charge is 2.27. The fourth-order valence-electron chi connectivity index (χ4n) is 1.45. The standard InChI is InChI=1S/C10H13N3O5/c14-2-7(15)9(17)8(16)5-1-11-10(13-5)6-3-18-4-12-6/h1,3-4,7-9,14-17H,2H2,(H,11,13)/t7-,8-,9-/m1/s1. The number of imidazole rings is 1. The van der Waals surface area contributed by atoms with Crippen LogP contribution in [0.3, 0.4) is 0 Å². The number of oxazole rings is 1. The minimum Gasteiger partial charge on any atom is -0.451 e. The summed E-state index contributed by atoms with van der Waals surface area (Å²) in [6, 6.07) is 0. The molecule has 98 valence electrons. The van der Waals surface area contributed by atoms with Crippen LogP contribution in [0.4, 0.5) is 0 Å². The zero-order valence-electron chi connectivity index (χ0n) is 9.26. The average Bonchev–Trinajstić information content (AvgIpc) is 3.05. The van der Waals surface area contributed by atoms with Gasteiger partial charge in [-0.3, -0.25) is 0 Å². The van der Waals surface area contributed by atoms with Crippen molar-refractivity contribution in [3.05, 3.63) is 24.5 Å². The van der Waals surface area contributed by atoms with Crippen LogP contribution in [0.15, 0.2) is 23.3 Å². The van der Waals surface area contributed by atoms with E-state index in [1.807, 2.05) is 0 Å². The molecule has 18 heavy (non-hydrogen) atoms. The monoisotopic (exact) mass is 255 g/mol. The Balaban J connectivity index is 2.15. The Labute approximate surface area is 102 Å². The minimum absolute atomic E-state index is 0.202. The van der Waals surface area contributed by atoms with Gasteiger partial charge in [0.2, 0.25) is 0 Å². The van der Waals surface area contributed by atoms with E-state index in [1.54, 1.807) is 0 Å². The number of aromatic nitrogens is 3. The largest absolute Gasteiger partial charge is 0.451 e. The van der Waals surface area contributed by atoms with Crippen LogP contribution in [-0.4, -0.2) is 54.2 Å². The molecular weight excluding hydrogens is 242 g/mol. The van der Waals surface area contributed by atoms with E-state index in [0.29, 0.717) is 11.5 Å². The Hall–Kier alpha value is -1.74. The molecule has 0 radical (unpaired) electrons. The molecule has 0 saturated heterocycles. The van der Waals surface area contributed by atoms with E-state index in [2.05, 4.69) is 15.0 Å². The molecule has 0 amide bonds. The van der Waals surface area contributed by atoms with Crippen molar-refractivity contribution in [2.24, 2.45) is 0 Å². The number of aliphatic hydroxyl groups is 4. The molecule has 0 bridgehead atoms.